The highest BCUT2D eigenvalue weighted by Gasteiger charge is 2.08. The number of carbonyl (C=O) groups excluding carboxylic acids is 1. The Morgan fingerprint density at radius 2 is 1.90 bits per heavy atom. The molecule has 110 valence electrons. The Balaban J connectivity index is 2.06. The van der Waals surface area contributed by atoms with Crippen LogP contribution in [0.5, 0.6) is 0 Å². The molecular weight excluding hydrogens is 264 g/mol. The van der Waals surface area contributed by atoms with E-state index in [9.17, 15) is 4.79 Å². The average molecular weight is 284 g/mol. The minimum absolute atomic E-state index is 0.269. The van der Waals surface area contributed by atoms with Crippen LogP contribution < -0.4 is 11.3 Å². The lowest BCUT2D eigenvalue weighted by atomic mass is 10.1. The third kappa shape index (κ3) is 4.37. The van der Waals surface area contributed by atoms with Crippen LogP contribution in [-0.2, 0) is 13.1 Å². The highest BCUT2D eigenvalue weighted by Crippen LogP contribution is 2.11. The number of amides is 1. The minimum atomic E-state index is -0.269. The number of nitrogens with one attached hydrogen (secondary N) is 1. The Kier molecular flexibility index (Phi) is 5.43. The summed E-state index contributed by atoms with van der Waals surface area (Å²) in [5.41, 5.74) is 5.05. The Morgan fingerprint density at radius 3 is 2.57 bits per heavy atom. The van der Waals surface area contributed by atoms with Crippen LogP contribution in [-0.4, -0.2) is 22.3 Å². The molecule has 1 aromatic heterocycles. The van der Waals surface area contributed by atoms with Crippen LogP contribution in [0, 0.1) is 0 Å². The molecule has 21 heavy (non-hydrogen) atoms. The van der Waals surface area contributed by atoms with Crippen molar-refractivity contribution in [3.05, 3.63) is 65.5 Å². The van der Waals surface area contributed by atoms with Crippen molar-refractivity contribution in [2.75, 3.05) is 6.54 Å². The molecule has 0 radical (unpaired) electrons. The van der Waals surface area contributed by atoms with Crippen LogP contribution >= 0.6 is 0 Å². The molecule has 0 bridgehead atoms. The van der Waals surface area contributed by atoms with Crippen molar-refractivity contribution in [3.8, 4) is 0 Å². The molecule has 0 aliphatic rings. The molecule has 0 unspecified atom stereocenters. The number of hydrogen-bond acceptors (Lipinski definition) is 4. The Hall–Kier alpha value is -2.24. The molecule has 2 rings (SSSR count). The lowest BCUT2D eigenvalue weighted by molar-refractivity contribution is 0.0953. The summed E-state index contributed by atoms with van der Waals surface area (Å²) in [6, 6.07) is 11.5. The summed E-state index contributed by atoms with van der Waals surface area (Å²) in [7, 11) is 0. The first-order valence-corrected chi connectivity index (χ1v) is 6.94. The molecule has 0 aliphatic carbocycles. The van der Waals surface area contributed by atoms with Gasteiger partial charge in [-0.3, -0.25) is 20.1 Å². The molecule has 1 heterocycles. The molecule has 3 N–H and O–H groups in total. The summed E-state index contributed by atoms with van der Waals surface area (Å²) in [4.78, 5) is 17.9. The van der Waals surface area contributed by atoms with E-state index in [-0.39, 0.29) is 5.91 Å². The Bertz CT molecular complexity index is 586. The Morgan fingerprint density at radius 1 is 1.19 bits per heavy atom. The largest absolute Gasteiger partial charge is 0.295 e. The zero-order valence-corrected chi connectivity index (χ0v) is 12.1. The second-order valence-electron chi connectivity index (χ2n) is 4.83. The van der Waals surface area contributed by atoms with Crippen LogP contribution in [0.4, 0.5) is 0 Å². The third-order valence-electron chi connectivity index (χ3n) is 3.33. The van der Waals surface area contributed by atoms with E-state index in [4.69, 9.17) is 5.84 Å². The number of nitrogens with two attached hydrogens (primary N) is 1. The van der Waals surface area contributed by atoms with Crippen LogP contribution in [0.15, 0.2) is 48.8 Å². The number of hydrogen-bond donors (Lipinski definition) is 2. The number of hydrazine groups is 1. The highest BCUT2D eigenvalue weighted by molar-refractivity contribution is 5.93. The number of nitrogens with zero attached hydrogens (tertiary/aromatic N) is 2. The van der Waals surface area contributed by atoms with Gasteiger partial charge in [0.25, 0.3) is 5.91 Å². The van der Waals surface area contributed by atoms with Crippen LogP contribution in [0.2, 0.25) is 0 Å². The lowest BCUT2D eigenvalue weighted by Crippen LogP contribution is -2.30. The number of benzene rings is 1. The van der Waals surface area contributed by atoms with Crippen molar-refractivity contribution < 1.29 is 4.79 Å². The molecular formula is C16H20N4O. The van der Waals surface area contributed by atoms with Gasteiger partial charge in [-0.1, -0.05) is 19.1 Å². The molecule has 5 heteroatoms. The predicted octanol–water partition coefficient (Wildman–Crippen LogP) is 1.71. The van der Waals surface area contributed by atoms with Gasteiger partial charge in [-0.2, -0.15) is 0 Å². The van der Waals surface area contributed by atoms with Crippen molar-refractivity contribution in [3.63, 3.8) is 0 Å². The first-order chi connectivity index (χ1) is 10.2. The standard InChI is InChI=1S/C16H20N4O/c1-2-20(11-13-6-8-18-9-7-13)12-14-4-3-5-15(10-14)16(21)19-17/h3-10H,2,11-12,17H2,1H3,(H,19,21). The number of nitrogen functional groups attached to an aromatic ring is 1. The zero-order valence-electron chi connectivity index (χ0n) is 12.1. The van der Waals surface area contributed by atoms with E-state index in [0.717, 1.165) is 25.2 Å². The molecule has 2 aromatic rings. The fourth-order valence-corrected chi connectivity index (χ4v) is 2.18. The van der Waals surface area contributed by atoms with Crippen molar-refractivity contribution in [1.82, 2.24) is 15.3 Å². The highest BCUT2D eigenvalue weighted by atomic mass is 16.2. The van der Waals surface area contributed by atoms with E-state index in [1.807, 2.05) is 30.3 Å². The van der Waals surface area contributed by atoms with E-state index in [0.29, 0.717) is 5.56 Å². The van der Waals surface area contributed by atoms with Gasteiger partial charge < -0.3 is 0 Å². The molecule has 0 fully saturated rings. The summed E-state index contributed by atoms with van der Waals surface area (Å²) >= 11 is 0. The maximum Gasteiger partial charge on any atom is 0.265 e. The number of pyridine rings is 1. The van der Waals surface area contributed by atoms with Crippen molar-refractivity contribution >= 4 is 5.91 Å². The average Bonchev–Trinajstić information content (AvgIpc) is 2.54. The van der Waals surface area contributed by atoms with E-state index in [1.165, 1.54) is 5.56 Å². The van der Waals surface area contributed by atoms with Gasteiger partial charge in [0, 0.05) is 31.0 Å². The SMILES string of the molecule is CCN(Cc1ccncc1)Cc1cccc(C(=O)NN)c1. The van der Waals surface area contributed by atoms with Crippen LogP contribution in [0.25, 0.3) is 0 Å². The minimum Gasteiger partial charge on any atom is -0.295 e. The van der Waals surface area contributed by atoms with Crippen molar-refractivity contribution in [1.29, 1.82) is 0 Å². The van der Waals surface area contributed by atoms with E-state index < -0.39 is 0 Å². The lowest BCUT2D eigenvalue weighted by Gasteiger charge is -2.20. The molecule has 0 saturated heterocycles. The Labute approximate surface area is 124 Å². The fraction of sp³-hybridized carbons (Fsp3) is 0.250. The maximum absolute atomic E-state index is 11.6. The normalized spacial score (nSPS) is 10.6. The maximum atomic E-state index is 11.6. The molecule has 0 spiro atoms. The van der Waals surface area contributed by atoms with Gasteiger partial charge in [-0.15, -0.1) is 0 Å². The molecule has 1 amide bonds. The number of carbonyl (C=O) groups is 1. The molecule has 0 aliphatic heterocycles. The number of aromatic nitrogens is 1. The van der Waals surface area contributed by atoms with Gasteiger partial charge in [-0.05, 0) is 41.9 Å². The van der Waals surface area contributed by atoms with E-state index in [1.54, 1.807) is 18.5 Å². The quantitative estimate of drug-likeness (QED) is 0.481. The molecule has 0 atom stereocenters. The van der Waals surface area contributed by atoms with Gasteiger partial charge in [0.15, 0.2) is 0 Å². The molecule has 0 saturated carbocycles. The van der Waals surface area contributed by atoms with E-state index in [2.05, 4.69) is 22.2 Å². The molecule has 5 nitrogen and oxygen atoms in total. The number of rotatable bonds is 6. The summed E-state index contributed by atoms with van der Waals surface area (Å²) < 4.78 is 0. The fourth-order valence-electron chi connectivity index (χ4n) is 2.18. The first-order valence-electron chi connectivity index (χ1n) is 6.94. The van der Waals surface area contributed by atoms with Gasteiger partial charge in [0.1, 0.15) is 0 Å². The van der Waals surface area contributed by atoms with Gasteiger partial charge >= 0.3 is 0 Å². The van der Waals surface area contributed by atoms with Crippen molar-refractivity contribution in [2.24, 2.45) is 5.84 Å². The second kappa shape index (κ2) is 7.52. The smallest absolute Gasteiger partial charge is 0.265 e. The summed E-state index contributed by atoms with van der Waals surface area (Å²) in [5, 5.41) is 0. The predicted molar refractivity (Wildman–Crippen MR) is 82.1 cm³/mol. The van der Waals surface area contributed by atoms with E-state index >= 15 is 0 Å². The van der Waals surface area contributed by atoms with Gasteiger partial charge in [-0.25, -0.2) is 5.84 Å². The monoisotopic (exact) mass is 284 g/mol. The summed E-state index contributed by atoms with van der Waals surface area (Å²) in [6.07, 6.45) is 3.60. The zero-order chi connectivity index (χ0) is 15.1. The third-order valence-corrected chi connectivity index (χ3v) is 3.33. The second-order valence-corrected chi connectivity index (χ2v) is 4.83. The first kappa shape index (κ1) is 15.2. The molecule has 1 aromatic carbocycles. The summed E-state index contributed by atoms with van der Waals surface area (Å²) in [5.74, 6) is 4.90. The van der Waals surface area contributed by atoms with Crippen LogP contribution in [0.1, 0.15) is 28.4 Å². The van der Waals surface area contributed by atoms with Crippen molar-refractivity contribution in [2.45, 2.75) is 20.0 Å². The van der Waals surface area contributed by atoms with Gasteiger partial charge in [0.2, 0.25) is 0 Å². The topological polar surface area (TPSA) is 71.2 Å². The van der Waals surface area contributed by atoms with Crippen LogP contribution in [0.3, 0.4) is 0 Å². The van der Waals surface area contributed by atoms with Gasteiger partial charge in [0.05, 0.1) is 0 Å². The summed E-state index contributed by atoms with van der Waals surface area (Å²) in [6.45, 7) is 4.68.